The van der Waals surface area contributed by atoms with Crippen molar-refractivity contribution in [1.29, 1.82) is 0 Å². The molecule has 0 aliphatic rings. The van der Waals surface area contributed by atoms with Gasteiger partial charge >= 0.3 is 0 Å². The molecule has 0 radical (unpaired) electrons. The summed E-state index contributed by atoms with van der Waals surface area (Å²) in [7, 11) is 0. The Kier molecular flexibility index (Phi) is 3.24. The normalized spacial score (nSPS) is 10.1. The zero-order valence-electron chi connectivity index (χ0n) is 9.01. The zero-order valence-corrected chi connectivity index (χ0v) is 9.83. The molecule has 0 unspecified atom stereocenters. The molecule has 0 bridgehead atoms. The fourth-order valence-electron chi connectivity index (χ4n) is 1.37. The van der Waals surface area contributed by atoms with Gasteiger partial charge in [0.1, 0.15) is 5.69 Å². The second kappa shape index (κ2) is 4.84. The van der Waals surface area contributed by atoms with E-state index in [0.29, 0.717) is 23.1 Å². The average molecular weight is 248 g/mol. The first-order valence-corrected chi connectivity index (χ1v) is 5.87. The van der Waals surface area contributed by atoms with Crippen LogP contribution in [0, 0.1) is 0 Å². The van der Waals surface area contributed by atoms with E-state index in [9.17, 15) is 4.79 Å². The minimum Gasteiger partial charge on any atom is -0.399 e. The third kappa shape index (κ3) is 2.94. The van der Waals surface area contributed by atoms with Crippen molar-refractivity contribution in [3.63, 3.8) is 0 Å². The molecular formula is C11H12N4OS. The van der Waals surface area contributed by atoms with Crippen LogP contribution in [0.15, 0.2) is 29.6 Å². The molecule has 5 nitrogen and oxygen atoms in total. The number of carbonyl (C=O) groups excluding carboxylic acids is 1. The fraction of sp³-hybridized carbons (Fsp3) is 0.0909. The second-order valence-electron chi connectivity index (χ2n) is 3.50. The molecule has 0 fully saturated rings. The van der Waals surface area contributed by atoms with Crippen molar-refractivity contribution in [3.8, 4) is 0 Å². The number of benzene rings is 1. The van der Waals surface area contributed by atoms with Gasteiger partial charge < -0.3 is 16.8 Å². The van der Waals surface area contributed by atoms with Gasteiger partial charge in [0.05, 0.1) is 0 Å². The standard InChI is InChI=1S/C11H12N4OS/c12-8-3-1-2-7(4-8)5-14-10(16)9-6-17-11(13)15-9/h1-4,6H,5,12H2,(H2,13,15)(H,14,16). The fourth-order valence-corrected chi connectivity index (χ4v) is 1.91. The number of nitrogens with one attached hydrogen (secondary N) is 1. The largest absolute Gasteiger partial charge is 0.399 e. The van der Waals surface area contributed by atoms with Crippen LogP contribution in [0.2, 0.25) is 0 Å². The number of amides is 1. The SMILES string of the molecule is Nc1cccc(CNC(=O)c2csc(N)n2)c1. The third-order valence-corrected chi connectivity index (χ3v) is 2.83. The number of carbonyl (C=O) groups is 1. The number of rotatable bonds is 3. The first-order valence-electron chi connectivity index (χ1n) is 4.99. The molecule has 2 rings (SSSR count). The molecule has 1 amide bonds. The van der Waals surface area contributed by atoms with Gasteiger partial charge in [0, 0.05) is 17.6 Å². The summed E-state index contributed by atoms with van der Waals surface area (Å²) in [6.07, 6.45) is 0. The van der Waals surface area contributed by atoms with E-state index in [-0.39, 0.29) is 5.91 Å². The molecule has 0 atom stereocenters. The van der Waals surface area contributed by atoms with Crippen LogP contribution in [-0.2, 0) is 6.54 Å². The highest BCUT2D eigenvalue weighted by Gasteiger charge is 2.08. The summed E-state index contributed by atoms with van der Waals surface area (Å²) in [6.45, 7) is 0.418. The number of aromatic nitrogens is 1. The van der Waals surface area contributed by atoms with Crippen LogP contribution in [-0.4, -0.2) is 10.9 Å². The minimum atomic E-state index is -0.236. The molecule has 88 valence electrons. The molecular weight excluding hydrogens is 236 g/mol. The zero-order chi connectivity index (χ0) is 12.3. The molecule has 1 aromatic carbocycles. The Morgan fingerprint density at radius 1 is 1.41 bits per heavy atom. The summed E-state index contributed by atoms with van der Waals surface area (Å²) in [6, 6.07) is 7.35. The van der Waals surface area contributed by atoms with E-state index in [1.165, 1.54) is 11.3 Å². The maximum absolute atomic E-state index is 11.7. The molecule has 0 spiro atoms. The highest BCUT2D eigenvalue weighted by Crippen LogP contribution is 2.11. The number of nitrogen functional groups attached to an aromatic ring is 2. The second-order valence-corrected chi connectivity index (χ2v) is 4.39. The summed E-state index contributed by atoms with van der Waals surface area (Å²) in [5.41, 5.74) is 13.1. The summed E-state index contributed by atoms with van der Waals surface area (Å²) in [4.78, 5) is 15.6. The maximum atomic E-state index is 11.7. The Morgan fingerprint density at radius 2 is 2.24 bits per heavy atom. The lowest BCUT2D eigenvalue weighted by Crippen LogP contribution is -2.23. The number of nitrogens with zero attached hydrogens (tertiary/aromatic N) is 1. The number of hydrogen-bond donors (Lipinski definition) is 3. The first-order chi connectivity index (χ1) is 8.15. The van der Waals surface area contributed by atoms with Crippen molar-refractivity contribution in [2.24, 2.45) is 0 Å². The predicted octanol–water partition coefficient (Wildman–Crippen LogP) is 1.24. The van der Waals surface area contributed by atoms with E-state index < -0.39 is 0 Å². The topological polar surface area (TPSA) is 94.0 Å². The van der Waals surface area contributed by atoms with Crippen LogP contribution in [0.1, 0.15) is 16.1 Å². The van der Waals surface area contributed by atoms with Crippen molar-refractivity contribution >= 4 is 28.1 Å². The Morgan fingerprint density at radius 3 is 2.88 bits per heavy atom. The molecule has 17 heavy (non-hydrogen) atoms. The van der Waals surface area contributed by atoms with E-state index in [1.807, 2.05) is 18.2 Å². The van der Waals surface area contributed by atoms with Crippen LogP contribution in [0.3, 0.4) is 0 Å². The summed E-state index contributed by atoms with van der Waals surface area (Å²) in [5.74, 6) is -0.236. The lowest BCUT2D eigenvalue weighted by atomic mass is 10.2. The third-order valence-electron chi connectivity index (χ3n) is 2.16. The van der Waals surface area contributed by atoms with Crippen LogP contribution in [0.5, 0.6) is 0 Å². The molecule has 0 saturated heterocycles. The summed E-state index contributed by atoms with van der Waals surface area (Å²) >= 11 is 1.24. The van der Waals surface area contributed by atoms with Gasteiger partial charge in [0.15, 0.2) is 5.13 Å². The van der Waals surface area contributed by atoms with E-state index >= 15 is 0 Å². The van der Waals surface area contributed by atoms with Crippen molar-refractivity contribution in [1.82, 2.24) is 10.3 Å². The van der Waals surface area contributed by atoms with Gasteiger partial charge in [-0.3, -0.25) is 4.79 Å². The minimum absolute atomic E-state index is 0.236. The van der Waals surface area contributed by atoms with Crippen LogP contribution in [0.25, 0.3) is 0 Å². The Labute approximate surface area is 102 Å². The molecule has 2 aromatic rings. The molecule has 5 N–H and O–H groups in total. The first kappa shape index (κ1) is 11.4. The van der Waals surface area contributed by atoms with Gasteiger partial charge in [-0.05, 0) is 17.7 Å². The Bertz CT molecular complexity index is 538. The van der Waals surface area contributed by atoms with Crippen molar-refractivity contribution < 1.29 is 4.79 Å². The van der Waals surface area contributed by atoms with E-state index in [0.717, 1.165) is 5.56 Å². The molecule has 1 aromatic heterocycles. The van der Waals surface area contributed by atoms with E-state index in [1.54, 1.807) is 11.4 Å². The van der Waals surface area contributed by atoms with Crippen molar-refractivity contribution in [2.75, 3.05) is 11.5 Å². The number of anilines is 2. The van der Waals surface area contributed by atoms with Crippen molar-refractivity contribution in [2.45, 2.75) is 6.54 Å². The van der Waals surface area contributed by atoms with Gasteiger partial charge in [-0.25, -0.2) is 4.98 Å². The lowest BCUT2D eigenvalue weighted by molar-refractivity contribution is 0.0946. The number of hydrogen-bond acceptors (Lipinski definition) is 5. The molecule has 0 aliphatic carbocycles. The molecule has 0 aliphatic heterocycles. The van der Waals surface area contributed by atoms with E-state index in [4.69, 9.17) is 11.5 Å². The lowest BCUT2D eigenvalue weighted by Gasteiger charge is -2.04. The molecule has 1 heterocycles. The Balaban J connectivity index is 1.97. The van der Waals surface area contributed by atoms with Crippen LogP contribution >= 0.6 is 11.3 Å². The van der Waals surface area contributed by atoms with E-state index in [2.05, 4.69) is 10.3 Å². The maximum Gasteiger partial charge on any atom is 0.271 e. The molecule has 6 heteroatoms. The quantitative estimate of drug-likeness (QED) is 0.712. The van der Waals surface area contributed by atoms with Crippen molar-refractivity contribution in [3.05, 3.63) is 40.9 Å². The molecule has 0 saturated carbocycles. The number of thiazole rings is 1. The van der Waals surface area contributed by atoms with Crippen LogP contribution < -0.4 is 16.8 Å². The highest BCUT2D eigenvalue weighted by molar-refractivity contribution is 7.13. The van der Waals surface area contributed by atoms with Gasteiger partial charge in [-0.15, -0.1) is 11.3 Å². The number of nitrogens with two attached hydrogens (primary N) is 2. The summed E-state index contributed by atoms with van der Waals surface area (Å²) < 4.78 is 0. The Hall–Kier alpha value is -2.08. The van der Waals surface area contributed by atoms with Crippen LogP contribution in [0.4, 0.5) is 10.8 Å². The highest BCUT2D eigenvalue weighted by atomic mass is 32.1. The monoisotopic (exact) mass is 248 g/mol. The smallest absolute Gasteiger partial charge is 0.271 e. The van der Waals surface area contributed by atoms with Gasteiger partial charge in [-0.2, -0.15) is 0 Å². The van der Waals surface area contributed by atoms with Gasteiger partial charge in [-0.1, -0.05) is 12.1 Å². The predicted molar refractivity (Wildman–Crippen MR) is 68.6 cm³/mol. The van der Waals surface area contributed by atoms with Gasteiger partial charge in [0.2, 0.25) is 0 Å². The van der Waals surface area contributed by atoms with Gasteiger partial charge in [0.25, 0.3) is 5.91 Å². The average Bonchev–Trinajstić information content (AvgIpc) is 2.73. The summed E-state index contributed by atoms with van der Waals surface area (Å²) in [5, 5.41) is 4.77.